The summed E-state index contributed by atoms with van der Waals surface area (Å²) in [4.78, 5) is 51.8. The van der Waals surface area contributed by atoms with Crippen LogP contribution >= 0.6 is 15.9 Å². The number of amides is 4. The van der Waals surface area contributed by atoms with Crippen LogP contribution in [0.2, 0.25) is 0 Å². The number of rotatable bonds is 27. The van der Waals surface area contributed by atoms with Crippen LogP contribution in [0.3, 0.4) is 0 Å². The molecule has 3 aliphatic rings. The summed E-state index contributed by atoms with van der Waals surface area (Å²) < 4.78 is 0.989. The van der Waals surface area contributed by atoms with Gasteiger partial charge in [-0.15, -0.1) is 0 Å². The quantitative estimate of drug-likeness (QED) is 0.0535. The Morgan fingerprint density at radius 3 is 2.02 bits per heavy atom. The fourth-order valence-corrected chi connectivity index (χ4v) is 8.29. The largest absolute Gasteiger partial charge is 0.384 e. The molecule has 2 aliphatic carbocycles. The van der Waals surface area contributed by atoms with E-state index in [1.165, 1.54) is 57.8 Å². The van der Waals surface area contributed by atoms with E-state index in [0.29, 0.717) is 24.8 Å². The van der Waals surface area contributed by atoms with Gasteiger partial charge in [-0.3, -0.25) is 19.2 Å². The van der Waals surface area contributed by atoms with Gasteiger partial charge in [0, 0.05) is 48.8 Å². The van der Waals surface area contributed by atoms with Crippen LogP contribution in [-0.4, -0.2) is 55.3 Å². The Bertz CT molecular complexity index is 1210. The second-order valence-electron chi connectivity index (χ2n) is 16.1. The van der Waals surface area contributed by atoms with E-state index in [0.717, 1.165) is 80.8 Å². The summed E-state index contributed by atoms with van der Waals surface area (Å²) in [5.74, 6) is 1.06. The van der Waals surface area contributed by atoms with Crippen LogP contribution in [0.5, 0.6) is 0 Å². The summed E-state index contributed by atoms with van der Waals surface area (Å²) in [6, 6.07) is -0.698. The predicted octanol–water partition coefficient (Wildman–Crippen LogP) is 8.25. The number of carbonyl (C=O) groups excluding carboxylic acids is 4. The standard InChI is InChI=1S/C43H72BrN5O4/c1-4-5-6-7-14-17-26-45-40(50)19-16-13-11-9-8-10-12-15-18-27-46-43(53)39(31-48-42(52)34-22-20-33(21-23-34)32(2)3)49-41(51)28-35-30-47-38-25-24-36(44)29-37(35)38/h24-25,29-30,32-34,37-39,47H,4-23,26-28,31H2,1-3H3,(H,45,50)(H,46,53)(H,48,52)(H,49,51). The van der Waals surface area contributed by atoms with E-state index >= 15 is 0 Å². The van der Waals surface area contributed by atoms with Gasteiger partial charge in [-0.05, 0) is 68.6 Å². The van der Waals surface area contributed by atoms with Gasteiger partial charge in [0.1, 0.15) is 6.04 Å². The van der Waals surface area contributed by atoms with E-state index in [2.05, 4.69) is 75.4 Å². The smallest absolute Gasteiger partial charge is 0.244 e. The summed E-state index contributed by atoms with van der Waals surface area (Å²) in [6.07, 6.45) is 30.1. The lowest BCUT2D eigenvalue weighted by molar-refractivity contribution is -0.130. The lowest BCUT2D eigenvalue weighted by Crippen LogP contribution is -2.53. The third-order valence-corrected chi connectivity index (χ3v) is 11.9. The van der Waals surface area contributed by atoms with Crippen molar-refractivity contribution in [2.75, 3.05) is 19.6 Å². The molecule has 1 saturated carbocycles. The van der Waals surface area contributed by atoms with E-state index in [9.17, 15) is 19.2 Å². The van der Waals surface area contributed by atoms with Gasteiger partial charge in [-0.2, -0.15) is 0 Å². The first kappa shape index (κ1) is 44.8. The minimum absolute atomic E-state index is 0.0157. The number of nitrogens with one attached hydrogen (secondary N) is 5. The maximum atomic E-state index is 13.4. The number of unbranched alkanes of at least 4 members (excludes halogenated alkanes) is 13. The molecule has 4 amide bonds. The minimum atomic E-state index is -0.830. The molecule has 0 aromatic carbocycles. The summed E-state index contributed by atoms with van der Waals surface area (Å²) >= 11 is 3.54. The first-order valence-electron chi connectivity index (χ1n) is 21.3. The van der Waals surface area contributed by atoms with Crippen LogP contribution in [-0.2, 0) is 19.2 Å². The number of hydrogen-bond acceptors (Lipinski definition) is 5. The lowest BCUT2D eigenvalue weighted by Gasteiger charge is -2.30. The predicted molar refractivity (Wildman–Crippen MR) is 220 cm³/mol. The Morgan fingerprint density at radius 2 is 1.38 bits per heavy atom. The summed E-state index contributed by atoms with van der Waals surface area (Å²) in [5, 5.41) is 15.4. The van der Waals surface area contributed by atoms with Crippen LogP contribution in [0, 0.1) is 23.7 Å². The van der Waals surface area contributed by atoms with Crippen LogP contribution in [0.25, 0.3) is 0 Å². The van der Waals surface area contributed by atoms with Gasteiger partial charge in [0.05, 0.1) is 6.04 Å². The van der Waals surface area contributed by atoms with Crippen molar-refractivity contribution in [3.63, 3.8) is 0 Å². The van der Waals surface area contributed by atoms with Crippen LogP contribution < -0.4 is 26.6 Å². The monoisotopic (exact) mass is 801 g/mol. The average Bonchev–Trinajstić information content (AvgIpc) is 3.54. The van der Waals surface area contributed by atoms with Crippen molar-refractivity contribution in [1.29, 1.82) is 0 Å². The highest BCUT2D eigenvalue weighted by Crippen LogP contribution is 2.34. The van der Waals surface area contributed by atoms with Crippen molar-refractivity contribution in [3.8, 4) is 0 Å². The molecule has 10 heteroatoms. The van der Waals surface area contributed by atoms with Gasteiger partial charge in [0.25, 0.3) is 0 Å². The van der Waals surface area contributed by atoms with Crippen LogP contribution in [0.15, 0.2) is 34.5 Å². The second-order valence-corrected chi connectivity index (χ2v) is 17.0. The van der Waals surface area contributed by atoms with Crippen molar-refractivity contribution < 1.29 is 19.2 Å². The van der Waals surface area contributed by atoms with Gasteiger partial charge >= 0.3 is 0 Å². The van der Waals surface area contributed by atoms with Gasteiger partial charge in [0.2, 0.25) is 23.6 Å². The molecular formula is C43H72BrN5O4. The molecule has 3 unspecified atom stereocenters. The molecule has 5 N–H and O–H groups in total. The summed E-state index contributed by atoms with van der Waals surface area (Å²) in [5.41, 5.74) is 0.973. The summed E-state index contributed by atoms with van der Waals surface area (Å²) in [7, 11) is 0. The lowest BCUT2D eigenvalue weighted by atomic mass is 9.76. The number of carbonyl (C=O) groups is 4. The number of allylic oxidation sites excluding steroid dienone is 2. The number of fused-ring (bicyclic) bond motifs is 1. The molecule has 3 rings (SSSR count). The van der Waals surface area contributed by atoms with Crippen molar-refractivity contribution in [2.45, 2.75) is 168 Å². The fraction of sp³-hybridized carbons (Fsp3) is 0.767. The fourth-order valence-electron chi connectivity index (χ4n) is 7.85. The van der Waals surface area contributed by atoms with E-state index in [1.54, 1.807) is 0 Å². The topological polar surface area (TPSA) is 128 Å². The van der Waals surface area contributed by atoms with Crippen molar-refractivity contribution >= 4 is 39.6 Å². The summed E-state index contributed by atoms with van der Waals surface area (Å²) in [6.45, 7) is 8.18. The zero-order valence-corrected chi connectivity index (χ0v) is 34.8. The van der Waals surface area contributed by atoms with Gasteiger partial charge in [-0.25, -0.2) is 0 Å². The second kappa shape index (κ2) is 26.2. The normalized spacial score (nSPS) is 21.2. The highest BCUT2D eigenvalue weighted by Gasteiger charge is 2.32. The third-order valence-electron chi connectivity index (χ3n) is 11.4. The number of halogens is 1. The number of hydrogen-bond donors (Lipinski definition) is 5. The SMILES string of the molecule is CCCCCCCCNC(=O)CCCCCCCCCCCNC(=O)C(CNC(=O)C1CCC(C(C)C)CC1)NC(=O)CC1=CNC2C=CC(Br)=CC12. The minimum Gasteiger partial charge on any atom is -0.384 e. The molecule has 300 valence electrons. The zero-order chi connectivity index (χ0) is 38.3. The van der Waals surface area contributed by atoms with Gasteiger partial charge < -0.3 is 26.6 Å². The Hall–Kier alpha value is -2.62. The average molecular weight is 803 g/mol. The molecule has 3 atom stereocenters. The molecule has 1 fully saturated rings. The Balaban J connectivity index is 1.29. The first-order chi connectivity index (χ1) is 25.7. The van der Waals surface area contributed by atoms with Crippen LogP contribution in [0.4, 0.5) is 0 Å². The molecule has 9 nitrogen and oxygen atoms in total. The molecule has 0 aromatic rings. The van der Waals surface area contributed by atoms with Gasteiger partial charge in [0.15, 0.2) is 0 Å². The Kier molecular flexibility index (Phi) is 22.2. The Morgan fingerprint density at radius 1 is 0.774 bits per heavy atom. The van der Waals surface area contributed by atoms with Crippen LogP contribution in [0.1, 0.15) is 156 Å². The maximum Gasteiger partial charge on any atom is 0.244 e. The maximum absolute atomic E-state index is 13.4. The molecule has 0 spiro atoms. The molecule has 53 heavy (non-hydrogen) atoms. The van der Waals surface area contributed by atoms with E-state index in [-0.39, 0.29) is 54.5 Å². The van der Waals surface area contributed by atoms with E-state index < -0.39 is 6.04 Å². The van der Waals surface area contributed by atoms with E-state index in [1.807, 2.05) is 12.3 Å². The molecule has 1 heterocycles. The van der Waals surface area contributed by atoms with Crippen molar-refractivity contribution in [3.05, 3.63) is 34.5 Å². The molecule has 0 aromatic heterocycles. The molecule has 1 aliphatic heterocycles. The molecule has 0 saturated heterocycles. The highest BCUT2D eigenvalue weighted by molar-refractivity contribution is 9.11. The molecular weight excluding hydrogens is 730 g/mol. The Labute approximate surface area is 329 Å². The zero-order valence-electron chi connectivity index (χ0n) is 33.3. The highest BCUT2D eigenvalue weighted by atomic mass is 79.9. The molecule has 0 radical (unpaired) electrons. The van der Waals surface area contributed by atoms with E-state index in [4.69, 9.17) is 0 Å². The van der Waals surface area contributed by atoms with Crippen molar-refractivity contribution in [1.82, 2.24) is 26.6 Å². The molecule has 0 bridgehead atoms. The van der Waals surface area contributed by atoms with Gasteiger partial charge in [-0.1, -0.05) is 132 Å². The van der Waals surface area contributed by atoms with Crippen molar-refractivity contribution in [2.24, 2.45) is 23.7 Å². The third kappa shape index (κ3) is 18.0. The first-order valence-corrected chi connectivity index (χ1v) is 22.1.